The molecule has 7 nitrogen and oxygen atoms in total. The standard InChI is InChI=1S/C13H13N2O2.C6H5NO2.Ir/c1-9-6-7-14-11(8-9)10-4-5-12(16-2)15-13(10)17-3;8-6(9)5-3-1-2-4-7-5;/h5-8H,1-3H3;1-4H,(H,8,9);/q-1;;. The fourth-order valence-corrected chi connectivity index (χ4v) is 1.98. The third-order valence-corrected chi connectivity index (χ3v) is 3.22. The number of methoxy groups -OCH3 is 2. The molecule has 27 heavy (non-hydrogen) atoms. The Morgan fingerprint density at radius 2 is 1.89 bits per heavy atom. The largest absolute Gasteiger partial charge is 0.524 e. The molecule has 0 aliphatic carbocycles. The van der Waals surface area contributed by atoms with Crippen molar-refractivity contribution >= 4 is 5.97 Å². The van der Waals surface area contributed by atoms with Gasteiger partial charge in [-0.1, -0.05) is 29.3 Å². The van der Waals surface area contributed by atoms with Gasteiger partial charge in [-0.05, 0) is 30.8 Å². The maximum atomic E-state index is 10.1. The molecule has 0 saturated carbocycles. The Hall–Kier alpha value is -2.83. The zero-order chi connectivity index (χ0) is 18.9. The van der Waals surface area contributed by atoms with Crippen molar-refractivity contribution in [2.45, 2.75) is 6.92 Å². The van der Waals surface area contributed by atoms with Crippen LogP contribution in [0.4, 0.5) is 0 Å². The van der Waals surface area contributed by atoms with Crippen LogP contribution < -0.4 is 9.47 Å². The van der Waals surface area contributed by atoms with Crippen LogP contribution in [0.15, 0.2) is 48.8 Å². The number of aryl methyl sites for hydroxylation is 1. The van der Waals surface area contributed by atoms with E-state index in [1.807, 2.05) is 19.1 Å². The molecule has 3 aromatic heterocycles. The van der Waals surface area contributed by atoms with Gasteiger partial charge < -0.3 is 19.6 Å². The average molecular weight is 545 g/mol. The summed E-state index contributed by atoms with van der Waals surface area (Å²) in [6.07, 6.45) is 3.20. The summed E-state index contributed by atoms with van der Waals surface area (Å²) in [6, 6.07) is 13.4. The predicted octanol–water partition coefficient (Wildman–Crippen LogP) is 3.05. The van der Waals surface area contributed by atoms with E-state index in [0.717, 1.165) is 16.8 Å². The Balaban J connectivity index is 0.000000310. The Morgan fingerprint density at radius 3 is 2.41 bits per heavy atom. The van der Waals surface area contributed by atoms with E-state index in [0.29, 0.717) is 11.8 Å². The van der Waals surface area contributed by atoms with Crippen molar-refractivity contribution in [3.8, 4) is 23.0 Å². The van der Waals surface area contributed by atoms with Gasteiger partial charge in [0.15, 0.2) is 0 Å². The zero-order valence-electron chi connectivity index (χ0n) is 15.0. The van der Waals surface area contributed by atoms with Crippen molar-refractivity contribution in [2.75, 3.05) is 14.2 Å². The van der Waals surface area contributed by atoms with Gasteiger partial charge in [-0.2, -0.15) is 0 Å². The summed E-state index contributed by atoms with van der Waals surface area (Å²) in [5.74, 6) is -0.0590. The molecule has 1 N–H and O–H groups in total. The fraction of sp³-hybridized carbons (Fsp3) is 0.158. The first-order chi connectivity index (χ1) is 12.5. The number of rotatable bonds is 4. The van der Waals surface area contributed by atoms with E-state index in [-0.39, 0.29) is 25.8 Å². The van der Waals surface area contributed by atoms with Gasteiger partial charge in [-0.15, -0.1) is 6.07 Å². The van der Waals surface area contributed by atoms with Crippen LogP contribution in [-0.4, -0.2) is 40.2 Å². The van der Waals surface area contributed by atoms with Crippen molar-refractivity contribution in [1.82, 2.24) is 15.0 Å². The quantitative estimate of drug-likeness (QED) is 0.505. The molecule has 0 atom stereocenters. The zero-order valence-corrected chi connectivity index (χ0v) is 17.4. The van der Waals surface area contributed by atoms with E-state index in [2.05, 4.69) is 21.0 Å². The second kappa shape index (κ2) is 11.0. The summed E-state index contributed by atoms with van der Waals surface area (Å²) in [5.41, 5.74) is 2.73. The Labute approximate surface area is 170 Å². The number of aromatic nitrogens is 3. The first kappa shape index (κ1) is 22.2. The Bertz CT molecular complexity index is 876. The molecular weight excluding hydrogens is 526 g/mol. The van der Waals surface area contributed by atoms with Crippen molar-refractivity contribution in [1.29, 1.82) is 0 Å². The molecule has 0 spiro atoms. The number of carbonyl (C=O) groups is 1. The van der Waals surface area contributed by atoms with Crippen LogP contribution in [-0.2, 0) is 20.1 Å². The Kier molecular flexibility index (Phi) is 9.05. The first-order valence-corrected chi connectivity index (χ1v) is 7.63. The molecule has 0 fully saturated rings. The van der Waals surface area contributed by atoms with Gasteiger partial charge in [-0.3, -0.25) is 4.98 Å². The van der Waals surface area contributed by atoms with E-state index < -0.39 is 5.97 Å². The molecule has 0 saturated heterocycles. The van der Waals surface area contributed by atoms with Gasteiger partial charge in [0.2, 0.25) is 0 Å². The maximum Gasteiger partial charge on any atom is 0.354 e. The molecule has 0 aromatic carbocycles. The second-order valence-corrected chi connectivity index (χ2v) is 5.07. The molecule has 0 unspecified atom stereocenters. The van der Waals surface area contributed by atoms with Crippen LogP contribution >= 0.6 is 0 Å². The maximum absolute atomic E-state index is 10.1. The number of carboxylic acid groups (broad SMARTS) is 1. The topological polar surface area (TPSA) is 94.4 Å². The number of hydrogen-bond acceptors (Lipinski definition) is 6. The van der Waals surface area contributed by atoms with Crippen molar-refractivity contribution in [3.05, 3.63) is 66.1 Å². The SMILES string of the molecule is COc1c[c-]c(-c2cc(C)ccn2)c(OC)n1.O=C(O)c1ccccn1.[Ir]. The van der Waals surface area contributed by atoms with Crippen molar-refractivity contribution in [2.24, 2.45) is 0 Å². The van der Waals surface area contributed by atoms with Gasteiger partial charge in [0.25, 0.3) is 0 Å². The van der Waals surface area contributed by atoms with Crippen LogP contribution in [0.2, 0.25) is 0 Å². The Morgan fingerprint density at radius 1 is 1.11 bits per heavy atom. The van der Waals surface area contributed by atoms with Crippen LogP contribution in [0.25, 0.3) is 11.3 Å². The third kappa shape index (κ3) is 6.43. The molecule has 0 bridgehead atoms. The molecule has 143 valence electrons. The smallest absolute Gasteiger partial charge is 0.354 e. The molecule has 3 aromatic rings. The van der Waals surface area contributed by atoms with E-state index in [4.69, 9.17) is 14.6 Å². The number of hydrogen-bond donors (Lipinski definition) is 1. The summed E-state index contributed by atoms with van der Waals surface area (Å²) in [6.45, 7) is 2.01. The summed E-state index contributed by atoms with van der Waals surface area (Å²) in [4.78, 5) is 22.2. The monoisotopic (exact) mass is 545 g/mol. The van der Waals surface area contributed by atoms with Gasteiger partial charge in [0, 0.05) is 32.5 Å². The van der Waals surface area contributed by atoms with Gasteiger partial charge >= 0.3 is 5.97 Å². The second-order valence-electron chi connectivity index (χ2n) is 5.07. The molecule has 0 aliphatic rings. The van der Waals surface area contributed by atoms with Crippen LogP contribution in [0.3, 0.4) is 0 Å². The predicted molar refractivity (Wildman–Crippen MR) is 95.3 cm³/mol. The number of nitrogens with zero attached hydrogens (tertiary/aromatic N) is 3. The van der Waals surface area contributed by atoms with Crippen LogP contribution in [0.1, 0.15) is 16.1 Å². The summed E-state index contributed by atoms with van der Waals surface area (Å²) < 4.78 is 10.2. The minimum Gasteiger partial charge on any atom is -0.524 e. The average Bonchev–Trinajstić information content (AvgIpc) is 2.68. The van der Waals surface area contributed by atoms with Crippen LogP contribution in [0.5, 0.6) is 11.8 Å². The number of pyridine rings is 3. The molecule has 3 heterocycles. The van der Waals surface area contributed by atoms with E-state index in [9.17, 15) is 4.79 Å². The first-order valence-electron chi connectivity index (χ1n) is 7.63. The van der Waals surface area contributed by atoms with Crippen LogP contribution in [0, 0.1) is 13.0 Å². The number of ether oxygens (including phenoxy) is 2. The van der Waals surface area contributed by atoms with Crippen molar-refractivity contribution in [3.63, 3.8) is 0 Å². The minimum atomic E-state index is -0.990. The normalized spacial score (nSPS) is 9.30. The molecule has 8 heteroatoms. The van der Waals surface area contributed by atoms with Gasteiger partial charge in [-0.25, -0.2) is 9.78 Å². The molecule has 1 radical (unpaired) electrons. The number of carboxylic acids is 1. The summed E-state index contributed by atoms with van der Waals surface area (Å²) in [5, 5.41) is 8.32. The van der Waals surface area contributed by atoms with Gasteiger partial charge in [0.1, 0.15) is 17.5 Å². The van der Waals surface area contributed by atoms with E-state index in [1.54, 1.807) is 38.6 Å². The number of aromatic carboxylic acids is 1. The van der Waals surface area contributed by atoms with E-state index in [1.165, 1.54) is 12.3 Å². The summed E-state index contributed by atoms with van der Waals surface area (Å²) in [7, 11) is 3.12. The summed E-state index contributed by atoms with van der Waals surface area (Å²) >= 11 is 0. The molecular formula is C19H18IrN3O4-. The van der Waals surface area contributed by atoms with E-state index >= 15 is 0 Å². The van der Waals surface area contributed by atoms with Gasteiger partial charge in [0.05, 0.1) is 14.2 Å². The molecule has 0 amide bonds. The third-order valence-electron chi connectivity index (χ3n) is 3.22. The molecule has 3 rings (SSSR count). The molecule has 0 aliphatic heterocycles. The van der Waals surface area contributed by atoms with Crippen molar-refractivity contribution < 1.29 is 39.5 Å². The fourth-order valence-electron chi connectivity index (χ4n) is 1.98. The minimum absolute atomic E-state index is 0.